The van der Waals surface area contributed by atoms with Crippen molar-refractivity contribution >= 4 is 62.1 Å². The molecule has 1 amide bonds. The van der Waals surface area contributed by atoms with Crippen LogP contribution in [0.25, 0.3) is 6.08 Å². The van der Waals surface area contributed by atoms with E-state index in [1.807, 2.05) is 37.3 Å². The van der Waals surface area contributed by atoms with Crippen molar-refractivity contribution in [2.24, 2.45) is 4.99 Å². The van der Waals surface area contributed by atoms with Crippen LogP contribution < -0.4 is 9.47 Å². The first kappa shape index (κ1) is 20.8. The van der Waals surface area contributed by atoms with Crippen LogP contribution in [0.3, 0.4) is 0 Å². The SMILES string of the molecule is CCOc1cc(/C=C2/SC(=Nc3ccc(Cl)cc3)N(C)C2=O)cc(Br)c1OC. The quantitative estimate of drug-likeness (QED) is 0.511. The van der Waals surface area contributed by atoms with Crippen molar-refractivity contribution in [3.8, 4) is 11.5 Å². The predicted molar refractivity (Wildman–Crippen MR) is 119 cm³/mol. The molecule has 1 fully saturated rings. The minimum Gasteiger partial charge on any atom is -0.492 e. The van der Waals surface area contributed by atoms with E-state index in [4.69, 9.17) is 21.1 Å². The Balaban J connectivity index is 1.92. The minimum atomic E-state index is -0.109. The highest BCUT2D eigenvalue weighted by Crippen LogP contribution is 2.39. The average Bonchev–Trinajstić information content (AvgIpc) is 2.92. The van der Waals surface area contributed by atoms with Gasteiger partial charge in [-0.05, 0) is 82.7 Å². The lowest BCUT2D eigenvalue weighted by Gasteiger charge is -2.12. The molecule has 0 N–H and O–H groups in total. The van der Waals surface area contributed by atoms with Crippen LogP contribution in [0.1, 0.15) is 12.5 Å². The molecule has 8 heteroatoms. The first-order chi connectivity index (χ1) is 13.4. The van der Waals surface area contributed by atoms with E-state index in [1.54, 1.807) is 26.3 Å². The van der Waals surface area contributed by atoms with Gasteiger partial charge >= 0.3 is 0 Å². The maximum atomic E-state index is 12.7. The smallest absolute Gasteiger partial charge is 0.266 e. The number of aliphatic imine (C=N–C) groups is 1. The number of nitrogens with zero attached hydrogens (tertiary/aromatic N) is 2. The molecule has 0 aliphatic carbocycles. The molecule has 0 atom stereocenters. The molecule has 5 nitrogen and oxygen atoms in total. The number of carbonyl (C=O) groups is 1. The summed E-state index contributed by atoms with van der Waals surface area (Å²) in [7, 11) is 3.30. The number of thioether (sulfide) groups is 1. The Bertz CT molecular complexity index is 961. The molecule has 1 aliphatic rings. The summed E-state index contributed by atoms with van der Waals surface area (Å²) in [6.45, 7) is 2.42. The number of likely N-dealkylation sites (N-methyl/N-ethyl adjacent to an activating group) is 1. The molecule has 0 radical (unpaired) electrons. The van der Waals surface area contributed by atoms with Gasteiger partial charge in [0.15, 0.2) is 16.7 Å². The number of methoxy groups -OCH3 is 1. The van der Waals surface area contributed by atoms with E-state index in [1.165, 1.54) is 16.7 Å². The summed E-state index contributed by atoms with van der Waals surface area (Å²) in [5.41, 5.74) is 1.56. The highest BCUT2D eigenvalue weighted by Gasteiger charge is 2.30. The van der Waals surface area contributed by atoms with Gasteiger partial charge in [-0.3, -0.25) is 9.69 Å². The van der Waals surface area contributed by atoms with E-state index in [9.17, 15) is 4.79 Å². The lowest BCUT2D eigenvalue weighted by molar-refractivity contribution is -0.121. The van der Waals surface area contributed by atoms with Crippen molar-refractivity contribution < 1.29 is 14.3 Å². The lowest BCUT2D eigenvalue weighted by Crippen LogP contribution is -2.23. The Labute approximate surface area is 181 Å². The molecule has 0 bridgehead atoms. The number of rotatable bonds is 5. The third kappa shape index (κ3) is 4.54. The van der Waals surface area contributed by atoms with Crippen molar-refractivity contribution in [3.05, 3.63) is 56.4 Å². The summed E-state index contributed by atoms with van der Waals surface area (Å²) in [4.78, 5) is 19.3. The number of carbonyl (C=O) groups excluding carboxylic acids is 1. The first-order valence-corrected chi connectivity index (χ1v) is 10.4. The van der Waals surface area contributed by atoms with Gasteiger partial charge in [0.25, 0.3) is 5.91 Å². The van der Waals surface area contributed by atoms with Gasteiger partial charge in [0.05, 0.1) is 28.8 Å². The second kappa shape index (κ2) is 9.03. The largest absolute Gasteiger partial charge is 0.492 e. The van der Waals surface area contributed by atoms with Crippen LogP contribution in [0.2, 0.25) is 5.02 Å². The Morgan fingerprint density at radius 3 is 2.64 bits per heavy atom. The van der Waals surface area contributed by atoms with Gasteiger partial charge in [0.1, 0.15) is 0 Å². The van der Waals surface area contributed by atoms with Crippen LogP contribution in [0, 0.1) is 0 Å². The molecule has 2 aromatic carbocycles. The molecule has 1 heterocycles. The number of amidine groups is 1. The third-order valence-electron chi connectivity index (χ3n) is 3.89. The van der Waals surface area contributed by atoms with Gasteiger partial charge in [-0.2, -0.15) is 0 Å². The number of hydrogen-bond donors (Lipinski definition) is 0. The summed E-state index contributed by atoms with van der Waals surface area (Å²) >= 11 is 10.7. The zero-order valence-electron chi connectivity index (χ0n) is 15.5. The molecule has 146 valence electrons. The number of hydrogen-bond acceptors (Lipinski definition) is 5. The van der Waals surface area contributed by atoms with E-state index >= 15 is 0 Å². The monoisotopic (exact) mass is 480 g/mol. The normalized spacial score (nSPS) is 16.9. The van der Waals surface area contributed by atoms with Gasteiger partial charge in [-0.25, -0.2) is 4.99 Å². The maximum absolute atomic E-state index is 12.7. The molecule has 0 unspecified atom stereocenters. The summed E-state index contributed by atoms with van der Waals surface area (Å²) in [5.74, 6) is 1.13. The van der Waals surface area contributed by atoms with E-state index in [2.05, 4.69) is 20.9 Å². The van der Waals surface area contributed by atoms with Crippen LogP contribution in [-0.4, -0.2) is 36.7 Å². The van der Waals surface area contributed by atoms with Crippen LogP contribution in [0.15, 0.2) is 50.8 Å². The zero-order valence-corrected chi connectivity index (χ0v) is 18.7. The van der Waals surface area contributed by atoms with Crippen molar-refractivity contribution in [3.63, 3.8) is 0 Å². The van der Waals surface area contributed by atoms with Crippen molar-refractivity contribution in [2.75, 3.05) is 20.8 Å². The Hall–Kier alpha value is -1.96. The highest BCUT2D eigenvalue weighted by atomic mass is 79.9. The fourth-order valence-corrected chi connectivity index (χ4v) is 4.30. The Morgan fingerprint density at radius 1 is 1.29 bits per heavy atom. The molecule has 2 aromatic rings. The maximum Gasteiger partial charge on any atom is 0.266 e. The minimum absolute atomic E-state index is 0.109. The van der Waals surface area contributed by atoms with Crippen LogP contribution in [0.4, 0.5) is 5.69 Å². The first-order valence-electron chi connectivity index (χ1n) is 8.45. The lowest BCUT2D eigenvalue weighted by atomic mass is 10.2. The van der Waals surface area contributed by atoms with Crippen LogP contribution in [0.5, 0.6) is 11.5 Å². The summed E-state index contributed by atoms with van der Waals surface area (Å²) < 4.78 is 11.8. The molecule has 0 saturated carbocycles. The average molecular weight is 482 g/mol. The summed E-state index contributed by atoms with van der Waals surface area (Å²) in [5, 5.41) is 1.25. The van der Waals surface area contributed by atoms with E-state index < -0.39 is 0 Å². The van der Waals surface area contributed by atoms with E-state index in [-0.39, 0.29) is 5.91 Å². The number of halogens is 2. The van der Waals surface area contributed by atoms with Gasteiger partial charge < -0.3 is 9.47 Å². The van der Waals surface area contributed by atoms with Gasteiger partial charge in [0.2, 0.25) is 0 Å². The van der Waals surface area contributed by atoms with Crippen LogP contribution in [-0.2, 0) is 4.79 Å². The van der Waals surface area contributed by atoms with Crippen molar-refractivity contribution in [1.29, 1.82) is 0 Å². The second-order valence-electron chi connectivity index (χ2n) is 5.81. The topological polar surface area (TPSA) is 51.1 Å². The standard InChI is InChI=1S/C20H18BrClN2O3S/c1-4-27-16-10-12(9-15(21)18(16)26-3)11-17-19(25)24(2)20(28-17)23-14-7-5-13(22)6-8-14/h5-11H,4H2,1-3H3/b17-11+,23-20?. The molecular weight excluding hydrogens is 464 g/mol. The van der Waals surface area contributed by atoms with Gasteiger partial charge in [-0.1, -0.05) is 11.6 Å². The van der Waals surface area contributed by atoms with Crippen LogP contribution >= 0.6 is 39.3 Å². The van der Waals surface area contributed by atoms with Crippen molar-refractivity contribution in [1.82, 2.24) is 4.90 Å². The predicted octanol–water partition coefficient (Wildman–Crippen LogP) is 5.74. The number of ether oxygens (including phenoxy) is 2. The molecule has 0 spiro atoms. The second-order valence-corrected chi connectivity index (χ2v) is 8.11. The fraction of sp³-hybridized carbons (Fsp3) is 0.200. The summed E-state index contributed by atoms with van der Waals surface area (Å²) in [6, 6.07) is 10.9. The van der Waals surface area contributed by atoms with E-state index in [0.717, 1.165) is 15.7 Å². The molecule has 0 aromatic heterocycles. The van der Waals surface area contributed by atoms with Gasteiger partial charge in [-0.15, -0.1) is 0 Å². The Morgan fingerprint density at radius 2 is 2.00 bits per heavy atom. The molecular formula is C20H18BrClN2O3S. The van der Waals surface area contributed by atoms with E-state index in [0.29, 0.717) is 33.2 Å². The van der Waals surface area contributed by atoms with Gasteiger partial charge in [0, 0.05) is 12.1 Å². The third-order valence-corrected chi connectivity index (χ3v) is 5.79. The number of amides is 1. The highest BCUT2D eigenvalue weighted by molar-refractivity contribution is 9.10. The number of benzene rings is 2. The molecule has 3 rings (SSSR count). The fourth-order valence-electron chi connectivity index (χ4n) is 2.56. The van der Waals surface area contributed by atoms with Crippen molar-refractivity contribution in [2.45, 2.75) is 6.92 Å². The molecule has 1 saturated heterocycles. The summed E-state index contributed by atoms with van der Waals surface area (Å²) in [6.07, 6.45) is 1.82. The molecule has 28 heavy (non-hydrogen) atoms. The molecule has 1 aliphatic heterocycles. The Kier molecular flexibility index (Phi) is 6.69. The zero-order chi connectivity index (χ0) is 20.3.